The van der Waals surface area contributed by atoms with Gasteiger partial charge in [-0.1, -0.05) is 0 Å². The molecule has 2 heterocycles. The van der Waals surface area contributed by atoms with Gasteiger partial charge < -0.3 is 0 Å². The van der Waals surface area contributed by atoms with Crippen LogP contribution in [-0.4, -0.2) is 0 Å². The van der Waals surface area contributed by atoms with Gasteiger partial charge in [-0.05, 0) is 81.5 Å². The Morgan fingerprint density at radius 1 is 0.667 bits per heavy atom. The van der Waals surface area contributed by atoms with Gasteiger partial charge in [0.25, 0.3) is 0 Å². The van der Waals surface area contributed by atoms with Crippen LogP contribution in [0.1, 0.15) is 11.1 Å². The maximum atomic E-state index is 2.36. The van der Waals surface area contributed by atoms with E-state index in [0.717, 1.165) is 0 Å². The summed E-state index contributed by atoms with van der Waals surface area (Å²) in [5.74, 6) is 0. The maximum absolute atomic E-state index is 2.36. The Morgan fingerprint density at radius 2 is 1.11 bits per heavy atom. The van der Waals surface area contributed by atoms with E-state index in [0.29, 0.717) is 0 Å². The lowest BCUT2D eigenvalue weighted by atomic mass is 9.97. The quantitative estimate of drug-likeness (QED) is 0.373. The van der Waals surface area contributed by atoms with E-state index >= 15 is 0 Å². The van der Waals surface area contributed by atoms with Crippen molar-refractivity contribution < 1.29 is 0 Å². The van der Waals surface area contributed by atoms with Gasteiger partial charge in [0.2, 0.25) is 0 Å². The van der Waals surface area contributed by atoms with Crippen molar-refractivity contribution in [3.05, 3.63) is 46.2 Å². The second-order valence-electron chi connectivity index (χ2n) is 4.76. The largest absolute Gasteiger partial charge is 0.144 e. The van der Waals surface area contributed by atoms with Gasteiger partial charge in [-0.3, -0.25) is 0 Å². The predicted octanol–water partition coefficient (Wildman–Crippen LogP) is 5.89. The first kappa shape index (κ1) is 10.5. The number of hydrogen-bond donors (Lipinski definition) is 0. The Bertz CT molecular complexity index is 818. The number of benzene rings is 2. The van der Waals surface area contributed by atoms with Crippen LogP contribution in [0.3, 0.4) is 0 Å². The normalized spacial score (nSPS) is 11.9. The molecule has 0 aliphatic rings. The molecule has 0 amide bonds. The zero-order valence-electron chi connectivity index (χ0n) is 10.3. The minimum Gasteiger partial charge on any atom is -0.144 e. The Labute approximate surface area is 113 Å². The summed E-state index contributed by atoms with van der Waals surface area (Å²) in [5, 5.41) is 10.0. The van der Waals surface area contributed by atoms with Gasteiger partial charge in [-0.25, -0.2) is 0 Å². The van der Waals surface area contributed by atoms with Crippen LogP contribution in [0.5, 0.6) is 0 Å². The van der Waals surface area contributed by atoms with Crippen LogP contribution in [0.4, 0.5) is 0 Å². The average Bonchev–Trinajstić information content (AvgIpc) is 2.99. The van der Waals surface area contributed by atoms with Crippen molar-refractivity contribution >= 4 is 53.6 Å². The van der Waals surface area contributed by atoms with Crippen molar-refractivity contribution in [1.29, 1.82) is 0 Å². The molecule has 4 rings (SSSR count). The van der Waals surface area contributed by atoms with Gasteiger partial charge in [0, 0.05) is 9.40 Å². The number of fused-ring (bicyclic) bond motifs is 3. The molecule has 0 spiro atoms. The van der Waals surface area contributed by atoms with Crippen LogP contribution in [0.15, 0.2) is 35.0 Å². The molecule has 0 radical (unpaired) electrons. The third-order valence-corrected chi connectivity index (χ3v) is 5.58. The maximum Gasteiger partial charge on any atom is 0.0351 e. The number of aryl methyl sites for hydroxylation is 2. The molecule has 0 fully saturated rings. The van der Waals surface area contributed by atoms with E-state index in [1.165, 1.54) is 42.1 Å². The highest BCUT2D eigenvalue weighted by atomic mass is 32.1. The first-order valence-corrected chi connectivity index (χ1v) is 7.79. The lowest BCUT2D eigenvalue weighted by molar-refractivity contribution is 1.57. The highest BCUT2D eigenvalue weighted by molar-refractivity contribution is 7.17. The molecule has 0 aliphatic heterocycles. The molecule has 2 aromatic carbocycles. The van der Waals surface area contributed by atoms with Crippen molar-refractivity contribution in [1.82, 2.24) is 0 Å². The summed E-state index contributed by atoms with van der Waals surface area (Å²) in [5.41, 5.74) is 2.84. The first-order chi connectivity index (χ1) is 8.75. The molecule has 0 unspecified atom stereocenters. The van der Waals surface area contributed by atoms with Gasteiger partial charge in [-0.15, -0.1) is 22.7 Å². The van der Waals surface area contributed by atoms with E-state index in [1.54, 1.807) is 0 Å². The Kier molecular flexibility index (Phi) is 2.08. The van der Waals surface area contributed by atoms with Crippen LogP contribution in [0.25, 0.3) is 30.9 Å². The van der Waals surface area contributed by atoms with Crippen molar-refractivity contribution in [2.45, 2.75) is 13.8 Å². The zero-order valence-corrected chi connectivity index (χ0v) is 11.9. The van der Waals surface area contributed by atoms with E-state index in [1.807, 2.05) is 22.7 Å². The van der Waals surface area contributed by atoms with Crippen molar-refractivity contribution in [3.8, 4) is 0 Å². The van der Waals surface area contributed by atoms with Crippen molar-refractivity contribution in [2.24, 2.45) is 0 Å². The number of thiophene rings is 2. The molecule has 0 N–H and O–H groups in total. The third-order valence-electron chi connectivity index (χ3n) is 3.85. The van der Waals surface area contributed by atoms with E-state index < -0.39 is 0 Å². The second-order valence-corrected chi connectivity index (χ2v) is 6.66. The topological polar surface area (TPSA) is 0 Å². The summed E-state index contributed by atoms with van der Waals surface area (Å²) < 4.78 is 2.80. The van der Waals surface area contributed by atoms with E-state index in [4.69, 9.17) is 0 Å². The molecule has 4 aromatic rings. The highest BCUT2D eigenvalue weighted by Crippen LogP contribution is 2.37. The minimum atomic E-state index is 1.40. The Morgan fingerprint density at radius 3 is 1.56 bits per heavy atom. The molecule has 0 saturated carbocycles. The lowest BCUT2D eigenvalue weighted by Crippen LogP contribution is -1.84. The summed E-state index contributed by atoms with van der Waals surface area (Å²) in [4.78, 5) is 0. The van der Waals surface area contributed by atoms with E-state index in [9.17, 15) is 0 Å². The molecular formula is C16H12S2. The first-order valence-electron chi connectivity index (χ1n) is 6.03. The third kappa shape index (κ3) is 1.25. The standard InChI is InChI=1S/C16H12S2/c1-9-11-3-5-17-15(11)8-14-10(2)12-4-6-18-16(12)7-13(9)14/h3-8H,1-2H3. The van der Waals surface area contributed by atoms with Crippen LogP contribution < -0.4 is 0 Å². The average molecular weight is 268 g/mol. The minimum absolute atomic E-state index is 1.40. The van der Waals surface area contributed by atoms with Gasteiger partial charge >= 0.3 is 0 Å². The number of rotatable bonds is 0. The van der Waals surface area contributed by atoms with Gasteiger partial charge in [0.05, 0.1) is 0 Å². The van der Waals surface area contributed by atoms with Crippen LogP contribution in [0, 0.1) is 13.8 Å². The predicted molar refractivity (Wildman–Crippen MR) is 84.2 cm³/mol. The lowest BCUT2D eigenvalue weighted by Gasteiger charge is -2.08. The van der Waals surface area contributed by atoms with Gasteiger partial charge in [0.15, 0.2) is 0 Å². The van der Waals surface area contributed by atoms with Crippen LogP contribution in [0.2, 0.25) is 0 Å². The van der Waals surface area contributed by atoms with Gasteiger partial charge in [-0.2, -0.15) is 0 Å². The molecule has 0 atom stereocenters. The molecule has 0 aliphatic carbocycles. The van der Waals surface area contributed by atoms with Crippen LogP contribution >= 0.6 is 22.7 Å². The van der Waals surface area contributed by atoms with Gasteiger partial charge in [0.1, 0.15) is 0 Å². The molecule has 18 heavy (non-hydrogen) atoms. The summed E-state index contributed by atoms with van der Waals surface area (Å²) in [6, 6.07) is 9.19. The number of hydrogen-bond acceptors (Lipinski definition) is 2. The highest BCUT2D eigenvalue weighted by Gasteiger charge is 2.10. The smallest absolute Gasteiger partial charge is 0.0351 e. The summed E-state index contributed by atoms with van der Waals surface area (Å²) in [7, 11) is 0. The van der Waals surface area contributed by atoms with Crippen molar-refractivity contribution in [2.75, 3.05) is 0 Å². The second kappa shape index (κ2) is 3.56. The fourth-order valence-electron chi connectivity index (χ4n) is 2.81. The molecular weight excluding hydrogens is 256 g/mol. The molecule has 0 bridgehead atoms. The molecule has 88 valence electrons. The summed E-state index contributed by atoms with van der Waals surface area (Å²) in [6.07, 6.45) is 0. The Hall–Kier alpha value is -1.38. The fraction of sp³-hybridized carbons (Fsp3) is 0.125. The molecule has 2 aromatic heterocycles. The monoisotopic (exact) mass is 268 g/mol. The molecule has 0 nitrogen and oxygen atoms in total. The Balaban J connectivity index is 2.36. The van der Waals surface area contributed by atoms with E-state index in [2.05, 4.69) is 48.9 Å². The summed E-state index contributed by atoms with van der Waals surface area (Å²) in [6.45, 7) is 4.49. The van der Waals surface area contributed by atoms with Crippen molar-refractivity contribution in [3.63, 3.8) is 0 Å². The zero-order chi connectivity index (χ0) is 12.3. The van der Waals surface area contributed by atoms with E-state index in [-0.39, 0.29) is 0 Å². The van der Waals surface area contributed by atoms with Crippen LogP contribution in [-0.2, 0) is 0 Å². The fourth-order valence-corrected chi connectivity index (χ4v) is 4.58. The summed E-state index contributed by atoms with van der Waals surface area (Å²) >= 11 is 3.67. The SMILES string of the molecule is Cc1c2ccsc2cc2c(C)c3ccsc3cc12. The molecule has 2 heteroatoms. The molecule has 0 saturated heterocycles.